The minimum Gasteiger partial charge on any atom is -0.465 e. The van der Waals surface area contributed by atoms with Crippen molar-refractivity contribution in [3.8, 4) is 11.8 Å². The lowest BCUT2D eigenvalue weighted by atomic mass is 9.92. The summed E-state index contributed by atoms with van der Waals surface area (Å²) in [6, 6.07) is 7.05. The largest absolute Gasteiger partial charge is 0.465 e. The lowest BCUT2D eigenvalue weighted by Crippen LogP contribution is -2.27. The van der Waals surface area contributed by atoms with Gasteiger partial charge < -0.3 is 4.74 Å². The monoisotopic (exact) mass is 347 g/mol. The maximum Gasteiger partial charge on any atom is 0.337 e. The van der Waals surface area contributed by atoms with Gasteiger partial charge in [0, 0.05) is 32.1 Å². The summed E-state index contributed by atoms with van der Waals surface area (Å²) in [5.74, 6) is 7.10. The van der Waals surface area contributed by atoms with E-state index in [-0.39, 0.29) is 16.8 Å². The molecule has 0 saturated heterocycles. The molecule has 4 nitrogen and oxygen atoms in total. The Morgan fingerprint density at radius 2 is 1.62 bits per heavy atom. The number of esters is 1. The molecule has 0 spiro atoms. The van der Waals surface area contributed by atoms with E-state index < -0.39 is 9.73 Å². The number of benzene rings is 1. The number of methoxy groups -OCH3 is 1. The number of carbonyl (C=O) groups is 1. The summed E-state index contributed by atoms with van der Waals surface area (Å²) >= 11 is 0. The van der Waals surface area contributed by atoms with Gasteiger partial charge in [0.1, 0.15) is 0 Å². The molecule has 0 fully saturated rings. The third kappa shape index (κ3) is 4.85. The van der Waals surface area contributed by atoms with Gasteiger partial charge >= 0.3 is 5.97 Å². The van der Waals surface area contributed by atoms with Crippen molar-refractivity contribution in [1.82, 2.24) is 0 Å². The van der Waals surface area contributed by atoms with Crippen LogP contribution in [0.25, 0.3) is 0 Å². The first-order valence-corrected chi connectivity index (χ1v) is 9.79. The highest BCUT2D eigenvalue weighted by molar-refractivity contribution is 7.93. The van der Waals surface area contributed by atoms with Gasteiger partial charge in [-0.3, -0.25) is 0 Å². The van der Waals surface area contributed by atoms with Crippen LogP contribution in [-0.4, -0.2) is 28.8 Å². The molecule has 0 bridgehead atoms. The Balaban J connectivity index is 2.24. The molecule has 24 heavy (non-hydrogen) atoms. The minimum atomic E-state index is -2.36. The Hall–Kier alpha value is -1.80. The standard InChI is InChI=1S/C19H25NO3S/c1-18(2)10-11-19(3,4)14-24(22,13-18)20-12-15-6-8-16(9-7-15)17(21)23-5/h6-9H,12-14H2,1-5H3. The molecule has 0 atom stereocenters. The van der Waals surface area contributed by atoms with E-state index in [2.05, 4.69) is 20.9 Å². The number of carbonyl (C=O) groups excluding carboxylic acids is 1. The summed E-state index contributed by atoms with van der Waals surface area (Å²) in [4.78, 5) is 11.5. The SMILES string of the molecule is COC(=O)c1ccc(CN=S2(=O)CC(C)(C)C#CC(C)(C)C2)cc1. The maximum absolute atomic E-state index is 13.3. The second kappa shape index (κ2) is 6.60. The zero-order valence-electron chi connectivity index (χ0n) is 15.0. The highest BCUT2D eigenvalue weighted by atomic mass is 32.2. The van der Waals surface area contributed by atoms with Crippen molar-refractivity contribution >= 4 is 15.7 Å². The van der Waals surface area contributed by atoms with E-state index in [9.17, 15) is 9.00 Å². The van der Waals surface area contributed by atoms with Gasteiger partial charge in [-0.15, -0.1) is 0 Å². The molecule has 1 heterocycles. The van der Waals surface area contributed by atoms with Crippen LogP contribution in [0.1, 0.15) is 43.6 Å². The molecule has 130 valence electrons. The molecule has 0 aromatic heterocycles. The fourth-order valence-electron chi connectivity index (χ4n) is 2.74. The van der Waals surface area contributed by atoms with E-state index in [4.69, 9.17) is 0 Å². The molecule has 1 aromatic rings. The van der Waals surface area contributed by atoms with E-state index in [1.165, 1.54) is 7.11 Å². The molecule has 0 aliphatic carbocycles. The van der Waals surface area contributed by atoms with Gasteiger partial charge in [0.2, 0.25) is 0 Å². The van der Waals surface area contributed by atoms with Crippen molar-refractivity contribution in [2.45, 2.75) is 34.2 Å². The molecule has 0 N–H and O–H groups in total. The van der Waals surface area contributed by atoms with Gasteiger partial charge in [0.15, 0.2) is 0 Å². The maximum atomic E-state index is 13.3. The third-order valence-electron chi connectivity index (χ3n) is 3.77. The summed E-state index contributed by atoms with van der Waals surface area (Å²) in [5, 5.41) is 0. The average Bonchev–Trinajstić information content (AvgIpc) is 2.58. The van der Waals surface area contributed by atoms with Gasteiger partial charge in [0.25, 0.3) is 0 Å². The van der Waals surface area contributed by atoms with Crippen molar-refractivity contribution in [1.29, 1.82) is 0 Å². The predicted molar refractivity (Wildman–Crippen MR) is 97.1 cm³/mol. The van der Waals surface area contributed by atoms with Gasteiger partial charge in [-0.25, -0.2) is 13.4 Å². The van der Waals surface area contributed by atoms with Crippen molar-refractivity contribution in [2.24, 2.45) is 15.2 Å². The van der Waals surface area contributed by atoms with Crippen LogP contribution < -0.4 is 0 Å². The molecule has 2 rings (SSSR count). The summed E-state index contributed by atoms with van der Waals surface area (Å²) in [5.41, 5.74) is 0.813. The molecule has 0 radical (unpaired) electrons. The van der Waals surface area contributed by atoms with Crippen LogP contribution in [0.4, 0.5) is 0 Å². The van der Waals surface area contributed by atoms with Gasteiger partial charge in [0.05, 0.1) is 19.2 Å². The Labute approximate surface area is 145 Å². The zero-order valence-corrected chi connectivity index (χ0v) is 15.8. The molecule has 1 aliphatic rings. The Kier molecular flexibility index (Phi) is 5.10. The number of hydrogen-bond acceptors (Lipinski definition) is 4. The summed E-state index contributed by atoms with van der Waals surface area (Å²) in [7, 11) is -1.01. The number of ether oxygens (including phenoxy) is 1. The third-order valence-corrected chi connectivity index (χ3v) is 6.71. The number of nitrogens with zero attached hydrogens (tertiary/aromatic N) is 1. The number of rotatable bonds is 3. The second-order valence-electron chi connectivity index (χ2n) is 7.55. The lowest BCUT2D eigenvalue weighted by Gasteiger charge is -2.21. The first-order chi connectivity index (χ1) is 11.0. The van der Waals surface area contributed by atoms with Gasteiger partial charge in [-0.1, -0.05) is 24.0 Å². The zero-order chi connectivity index (χ0) is 18.0. The van der Waals surface area contributed by atoms with Crippen molar-refractivity contribution < 1.29 is 13.7 Å². The molecule has 1 aromatic carbocycles. The van der Waals surface area contributed by atoms with Crippen LogP contribution in [0.15, 0.2) is 28.6 Å². The highest BCUT2D eigenvalue weighted by Gasteiger charge is 2.32. The Morgan fingerprint density at radius 1 is 1.12 bits per heavy atom. The van der Waals surface area contributed by atoms with Crippen LogP contribution in [-0.2, 0) is 21.0 Å². The smallest absolute Gasteiger partial charge is 0.337 e. The molecule has 5 heteroatoms. The Bertz CT molecular complexity index is 773. The molecular weight excluding hydrogens is 322 g/mol. The van der Waals surface area contributed by atoms with Crippen LogP contribution in [0, 0.1) is 22.7 Å². The molecule has 0 saturated carbocycles. The van der Waals surface area contributed by atoms with Gasteiger partial charge in [-0.05, 0) is 45.4 Å². The van der Waals surface area contributed by atoms with Crippen molar-refractivity contribution in [2.75, 3.05) is 18.6 Å². The van der Waals surface area contributed by atoms with Crippen LogP contribution in [0.2, 0.25) is 0 Å². The highest BCUT2D eigenvalue weighted by Crippen LogP contribution is 2.29. The Morgan fingerprint density at radius 3 is 2.08 bits per heavy atom. The lowest BCUT2D eigenvalue weighted by molar-refractivity contribution is 0.0600. The van der Waals surface area contributed by atoms with Gasteiger partial charge in [-0.2, -0.15) is 0 Å². The normalized spacial score (nSPS) is 20.2. The van der Waals surface area contributed by atoms with Crippen LogP contribution in [0.3, 0.4) is 0 Å². The minimum absolute atomic E-state index is 0.302. The second-order valence-corrected chi connectivity index (χ2v) is 9.94. The van der Waals surface area contributed by atoms with E-state index in [1.54, 1.807) is 12.1 Å². The quantitative estimate of drug-likeness (QED) is 0.621. The van der Waals surface area contributed by atoms with E-state index >= 15 is 0 Å². The summed E-state index contributed by atoms with van der Waals surface area (Å²) in [6.45, 7) is 8.43. The van der Waals surface area contributed by atoms with Crippen molar-refractivity contribution in [3.63, 3.8) is 0 Å². The first-order valence-electron chi connectivity index (χ1n) is 7.94. The average molecular weight is 347 g/mol. The predicted octanol–water partition coefficient (Wildman–Crippen LogP) is 3.51. The summed E-state index contributed by atoms with van der Waals surface area (Å²) < 4.78 is 22.6. The van der Waals surface area contributed by atoms with Crippen LogP contribution in [0.5, 0.6) is 0 Å². The first kappa shape index (κ1) is 18.5. The van der Waals surface area contributed by atoms with Crippen LogP contribution >= 0.6 is 0 Å². The fraction of sp³-hybridized carbons (Fsp3) is 0.526. The molecule has 1 aliphatic heterocycles. The molecule has 0 amide bonds. The summed E-state index contributed by atoms with van der Waals surface area (Å²) in [6.07, 6.45) is 0. The number of hydrogen-bond donors (Lipinski definition) is 0. The fourth-order valence-corrected chi connectivity index (χ4v) is 5.81. The van der Waals surface area contributed by atoms with Crippen molar-refractivity contribution in [3.05, 3.63) is 35.4 Å². The topological polar surface area (TPSA) is 55.7 Å². The van der Waals surface area contributed by atoms with E-state index in [1.807, 2.05) is 39.8 Å². The molecular formula is C19H25NO3S. The van der Waals surface area contributed by atoms with E-state index in [0.717, 1.165) is 5.56 Å². The molecule has 0 unspecified atom stereocenters. The van der Waals surface area contributed by atoms with E-state index in [0.29, 0.717) is 23.6 Å².